The number of hydrogen-bond acceptors (Lipinski definition) is 6. The van der Waals surface area contributed by atoms with E-state index in [0.29, 0.717) is 11.7 Å². The summed E-state index contributed by atoms with van der Waals surface area (Å²) in [5, 5.41) is 10.7. The first-order valence-electron chi connectivity index (χ1n) is 6.74. The van der Waals surface area contributed by atoms with E-state index in [1.54, 1.807) is 6.92 Å². The molecule has 0 aromatic heterocycles. The normalized spacial score (nSPS) is 13.4. The number of carbonyl (C=O) groups excluding carboxylic acids is 2. The lowest BCUT2D eigenvalue weighted by Gasteiger charge is -2.16. The molecule has 122 valence electrons. The third-order valence-corrected chi connectivity index (χ3v) is 3.83. The fourth-order valence-corrected chi connectivity index (χ4v) is 2.15. The fourth-order valence-electron chi connectivity index (χ4n) is 1.19. The Balaban J connectivity index is 4.12. The van der Waals surface area contributed by atoms with Crippen molar-refractivity contribution in [2.75, 3.05) is 12.3 Å². The summed E-state index contributed by atoms with van der Waals surface area (Å²) in [7, 11) is 0. The highest BCUT2D eigenvalue weighted by atomic mass is 32.2. The Bertz CT molecular complexity index is 361. The van der Waals surface area contributed by atoms with Gasteiger partial charge in [-0.3, -0.25) is 9.59 Å². The predicted octanol–water partition coefficient (Wildman–Crippen LogP) is 1.85. The predicted molar refractivity (Wildman–Crippen MR) is 79.0 cm³/mol. The van der Waals surface area contributed by atoms with E-state index in [-0.39, 0.29) is 13.0 Å². The van der Waals surface area contributed by atoms with Gasteiger partial charge in [-0.2, -0.15) is 0 Å². The number of carboxylic acids is 1. The highest BCUT2D eigenvalue weighted by Crippen LogP contribution is 2.14. The number of alkyl carbamates (subject to hydrolysis) is 1. The Morgan fingerprint density at radius 3 is 2.29 bits per heavy atom. The average molecular weight is 321 g/mol. The van der Waals surface area contributed by atoms with E-state index in [1.165, 1.54) is 18.7 Å². The first kappa shape index (κ1) is 19.6. The molecular weight excluding hydrogens is 298 g/mol. The Hall–Kier alpha value is -1.44. The van der Waals surface area contributed by atoms with E-state index in [0.717, 1.165) is 0 Å². The van der Waals surface area contributed by atoms with Gasteiger partial charge >= 0.3 is 18.0 Å². The van der Waals surface area contributed by atoms with Gasteiger partial charge in [0.25, 0.3) is 0 Å². The molecule has 7 nitrogen and oxygen atoms in total. The molecule has 2 atom stereocenters. The Labute approximate surface area is 128 Å². The molecule has 0 aliphatic heterocycles. The first-order valence-corrected chi connectivity index (χ1v) is 7.79. The quantitative estimate of drug-likeness (QED) is 0.493. The third-order valence-electron chi connectivity index (χ3n) is 2.20. The minimum atomic E-state index is -1.01. The van der Waals surface area contributed by atoms with Crippen LogP contribution in [0.5, 0.6) is 0 Å². The molecular formula is C13H23NO6S. The van der Waals surface area contributed by atoms with Crippen LogP contribution in [0.4, 0.5) is 4.79 Å². The number of esters is 1. The summed E-state index contributed by atoms with van der Waals surface area (Å²) >= 11 is 1.26. The molecule has 0 aliphatic carbocycles. The number of carboxylic acid groups (broad SMARTS) is 1. The van der Waals surface area contributed by atoms with Crippen molar-refractivity contribution < 1.29 is 29.0 Å². The SMILES string of the molecule is CCC(=O)O[C@@H](C)OC(=O)NC[C@H](SCC(C)C)C(=O)O. The van der Waals surface area contributed by atoms with E-state index in [4.69, 9.17) is 14.6 Å². The van der Waals surface area contributed by atoms with Crippen molar-refractivity contribution in [3.8, 4) is 0 Å². The molecule has 0 saturated heterocycles. The van der Waals surface area contributed by atoms with Crippen molar-refractivity contribution in [2.24, 2.45) is 5.92 Å². The van der Waals surface area contributed by atoms with E-state index >= 15 is 0 Å². The van der Waals surface area contributed by atoms with Crippen LogP contribution in [0, 0.1) is 5.92 Å². The van der Waals surface area contributed by atoms with Gasteiger partial charge in [-0.05, 0) is 11.7 Å². The largest absolute Gasteiger partial charge is 0.480 e. The van der Waals surface area contributed by atoms with Gasteiger partial charge in [0.15, 0.2) is 0 Å². The minimum Gasteiger partial charge on any atom is -0.480 e. The Morgan fingerprint density at radius 2 is 1.81 bits per heavy atom. The highest BCUT2D eigenvalue weighted by Gasteiger charge is 2.20. The highest BCUT2D eigenvalue weighted by molar-refractivity contribution is 8.00. The van der Waals surface area contributed by atoms with E-state index in [2.05, 4.69) is 5.32 Å². The zero-order chi connectivity index (χ0) is 16.4. The number of nitrogens with one attached hydrogen (secondary N) is 1. The summed E-state index contributed by atoms with van der Waals surface area (Å²) in [6.07, 6.45) is -1.64. The molecule has 8 heteroatoms. The van der Waals surface area contributed by atoms with Gasteiger partial charge in [0.1, 0.15) is 5.25 Å². The van der Waals surface area contributed by atoms with Crippen molar-refractivity contribution in [1.82, 2.24) is 5.32 Å². The van der Waals surface area contributed by atoms with Crippen LogP contribution in [0.2, 0.25) is 0 Å². The van der Waals surface area contributed by atoms with E-state index < -0.39 is 29.6 Å². The molecule has 0 rings (SSSR count). The maximum atomic E-state index is 11.5. The molecule has 0 bridgehead atoms. The second-order valence-corrected chi connectivity index (χ2v) is 5.99. The number of carbonyl (C=O) groups is 3. The molecule has 0 aromatic rings. The zero-order valence-corrected chi connectivity index (χ0v) is 13.6. The van der Waals surface area contributed by atoms with Crippen LogP contribution in [0.25, 0.3) is 0 Å². The van der Waals surface area contributed by atoms with Gasteiger partial charge in [0, 0.05) is 19.9 Å². The lowest BCUT2D eigenvalue weighted by molar-refractivity contribution is -0.164. The average Bonchev–Trinajstić information content (AvgIpc) is 2.37. The summed E-state index contributed by atoms with van der Waals surface area (Å²) in [4.78, 5) is 33.5. The molecule has 1 amide bonds. The van der Waals surface area contributed by atoms with E-state index in [1.807, 2.05) is 13.8 Å². The second-order valence-electron chi connectivity index (χ2n) is 4.75. The van der Waals surface area contributed by atoms with Gasteiger partial charge in [-0.25, -0.2) is 4.79 Å². The summed E-state index contributed by atoms with van der Waals surface area (Å²) in [5.41, 5.74) is 0. The van der Waals surface area contributed by atoms with Crippen LogP contribution in [0.15, 0.2) is 0 Å². The van der Waals surface area contributed by atoms with Crippen LogP contribution < -0.4 is 5.32 Å². The van der Waals surface area contributed by atoms with Crippen LogP contribution in [0.1, 0.15) is 34.1 Å². The summed E-state index contributed by atoms with van der Waals surface area (Å²) < 4.78 is 9.54. The maximum Gasteiger partial charge on any atom is 0.410 e. The number of ether oxygens (including phenoxy) is 2. The van der Waals surface area contributed by atoms with Crippen LogP contribution in [-0.2, 0) is 19.1 Å². The summed E-state index contributed by atoms with van der Waals surface area (Å²) in [6.45, 7) is 6.95. The Morgan fingerprint density at radius 1 is 1.19 bits per heavy atom. The van der Waals surface area contributed by atoms with E-state index in [9.17, 15) is 14.4 Å². The maximum absolute atomic E-state index is 11.5. The molecule has 0 heterocycles. The molecule has 0 radical (unpaired) electrons. The molecule has 0 spiro atoms. The second kappa shape index (κ2) is 10.3. The Kier molecular flexibility index (Phi) is 9.60. The smallest absolute Gasteiger partial charge is 0.410 e. The first-order chi connectivity index (χ1) is 9.76. The van der Waals surface area contributed by atoms with Gasteiger partial charge in [-0.15, -0.1) is 11.8 Å². The van der Waals surface area contributed by atoms with Crippen molar-refractivity contribution in [3.63, 3.8) is 0 Å². The summed E-state index contributed by atoms with van der Waals surface area (Å²) in [5.74, 6) is -0.437. The molecule has 21 heavy (non-hydrogen) atoms. The van der Waals surface area contributed by atoms with Crippen molar-refractivity contribution >= 4 is 29.8 Å². The van der Waals surface area contributed by atoms with Crippen LogP contribution in [-0.4, -0.2) is 47.0 Å². The molecule has 0 saturated carbocycles. The minimum absolute atomic E-state index is 0.0556. The van der Waals surface area contributed by atoms with Gasteiger partial charge in [0.05, 0.1) is 0 Å². The lowest BCUT2D eigenvalue weighted by atomic mass is 10.3. The number of thioether (sulfide) groups is 1. The summed E-state index contributed by atoms with van der Waals surface area (Å²) in [6, 6.07) is 0. The van der Waals surface area contributed by atoms with Gasteiger partial charge in [0.2, 0.25) is 6.29 Å². The third kappa shape index (κ3) is 10.0. The van der Waals surface area contributed by atoms with Crippen molar-refractivity contribution in [2.45, 2.75) is 45.7 Å². The molecule has 0 unspecified atom stereocenters. The molecule has 0 aliphatic rings. The number of amides is 1. The standard InChI is InChI=1S/C13H23NO6S/c1-5-11(15)19-9(4)20-13(18)14-6-10(12(16)17)21-7-8(2)3/h8-10H,5-7H2,1-4H3,(H,14,18)(H,16,17)/t9-,10+/m1/s1. The zero-order valence-electron chi connectivity index (χ0n) is 12.8. The topological polar surface area (TPSA) is 102 Å². The van der Waals surface area contributed by atoms with Crippen LogP contribution in [0.3, 0.4) is 0 Å². The van der Waals surface area contributed by atoms with Crippen LogP contribution >= 0.6 is 11.8 Å². The fraction of sp³-hybridized carbons (Fsp3) is 0.769. The number of aliphatic carboxylic acids is 1. The lowest BCUT2D eigenvalue weighted by Crippen LogP contribution is -2.37. The molecule has 0 aromatic carbocycles. The van der Waals surface area contributed by atoms with Crippen molar-refractivity contribution in [1.29, 1.82) is 0 Å². The number of hydrogen-bond donors (Lipinski definition) is 2. The molecule has 0 fully saturated rings. The van der Waals surface area contributed by atoms with Gasteiger partial charge < -0.3 is 19.9 Å². The van der Waals surface area contributed by atoms with Gasteiger partial charge in [-0.1, -0.05) is 20.8 Å². The molecule has 2 N–H and O–H groups in total. The van der Waals surface area contributed by atoms with Crippen molar-refractivity contribution in [3.05, 3.63) is 0 Å². The number of rotatable bonds is 9. The monoisotopic (exact) mass is 321 g/mol.